The van der Waals surface area contributed by atoms with Gasteiger partial charge in [0.1, 0.15) is 12.0 Å². The van der Waals surface area contributed by atoms with Crippen molar-refractivity contribution in [3.05, 3.63) is 59.7 Å². The highest BCUT2D eigenvalue weighted by Crippen LogP contribution is 2.44. The van der Waals surface area contributed by atoms with Crippen LogP contribution in [0.3, 0.4) is 0 Å². The monoisotopic (exact) mass is 480 g/mol. The van der Waals surface area contributed by atoms with Crippen molar-refractivity contribution in [2.45, 2.75) is 44.6 Å². The van der Waals surface area contributed by atoms with Gasteiger partial charge >= 0.3 is 12.1 Å². The lowest BCUT2D eigenvalue weighted by atomic mass is 9.82. The van der Waals surface area contributed by atoms with Crippen LogP contribution in [-0.4, -0.2) is 55.5 Å². The van der Waals surface area contributed by atoms with Gasteiger partial charge in [-0.15, -0.1) is 0 Å². The predicted molar refractivity (Wildman–Crippen MR) is 130 cm³/mol. The Morgan fingerprint density at radius 1 is 1.11 bits per heavy atom. The third-order valence-electron chi connectivity index (χ3n) is 6.99. The Hall–Kier alpha value is -3.39. The first-order valence-electron chi connectivity index (χ1n) is 12.1. The molecule has 0 saturated carbocycles. The van der Waals surface area contributed by atoms with Gasteiger partial charge < -0.3 is 25.2 Å². The van der Waals surface area contributed by atoms with Crippen LogP contribution in [0, 0.1) is 5.41 Å². The summed E-state index contributed by atoms with van der Waals surface area (Å²) in [6, 6.07) is 15.8. The summed E-state index contributed by atoms with van der Waals surface area (Å²) in [5.74, 6) is -1.33. The Morgan fingerprint density at radius 2 is 1.77 bits per heavy atom. The average Bonchev–Trinajstić information content (AvgIpc) is 3.20. The van der Waals surface area contributed by atoms with Crippen molar-refractivity contribution in [1.29, 1.82) is 0 Å². The van der Waals surface area contributed by atoms with E-state index in [2.05, 4.69) is 34.9 Å². The lowest BCUT2D eigenvalue weighted by Crippen LogP contribution is -2.49. The molecule has 2 aromatic rings. The van der Waals surface area contributed by atoms with Crippen molar-refractivity contribution < 1.29 is 29.0 Å². The van der Waals surface area contributed by atoms with E-state index in [9.17, 15) is 19.5 Å². The zero-order valence-corrected chi connectivity index (χ0v) is 19.9. The molecule has 186 valence electrons. The van der Waals surface area contributed by atoms with Crippen molar-refractivity contribution in [3.8, 4) is 11.1 Å². The normalized spacial score (nSPS) is 19.8. The summed E-state index contributed by atoms with van der Waals surface area (Å²) in [5.41, 5.74) is 3.47. The van der Waals surface area contributed by atoms with Crippen LogP contribution < -0.4 is 10.6 Å². The van der Waals surface area contributed by atoms with Crippen molar-refractivity contribution in [1.82, 2.24) is 10.6 Å². The van der Waals surface area contributed by atoms with E-state index in [1.54, 1.807) is 0 Å². The highest BCUT2D eigenvalue weighted by Gasteiger charge is 2.41. The number of carboxylic acid groups (broad SMARTS) is 1. The molecule has 4 rings (SSSR count). The fourth-order valence-electron chi connectivity index (χ4n) is 4.90. The van der Waals surface area contributed by atoms with Crippen LogP contribution in [0.5, 0.6) is 0 Å². The number of aliphatic carboxylic acids is 1. The van der Waals surface area contributed by atoms with E-state index in [-0.39, 0.29) is 38.0 Å². The first kappa shape index (κ1) is 24.7. The summed E-state index contributed by atoms with van der Waals surface area (Å²) in [6.07, 6.45) is 1.09. The summed E-state index contributed by atoms with van der Waals surface area (Å²) in [5, 5.41) is 15.1. The standard InChI is InChI=1S/C27H32N2O6/c1-2-18(14-24(30)28-16-27(25(31)32)12-7-13-34-17-27)29-26(33)35-15-23-21-10-5-3-8-19(21)20-9-4-6-11-22(20)23/h3-6,8-11,18,23H,2,7,12-17H2,1H3,(H,28,30)(H,29,33)(H,31,32)/t18-,27?/m1/s1. The number of benzene rings is 2. The molecule has 3 N–H and O–H groups in total. The molecule has 1 fully saturated rings. The molecule has 0 radical (unpaired) electrons. The minimum atomic E-state index is -1.10. The molecule has 8 nitrogen and oxygen atoms in total. The number of nitrogens with one attached hydrogen (secondary N) is 2. The van der Waals surface area contributed by atoms with Crippen molar-refractivity contribution in [3.63, 3.8) is 0 Å². The lowest BCUT2D eigenvalue weighted by Gasteiger charge is -2.33. The maximum atomic E-state index is 12.6. The van der Waals surface area contributed by atoms with E-state index in [1.165, 1.54) is 0 Å². The van der Waals surface area contributed by atoms with Gasteiger partial charge in [0.05, 0.1) is 6.61 Å². The van der Waals surface area contributed by atoms with Gasteiger partial charge in [0.15, 0.2) is 0 Å². The highest BCUT2D eigenvalue weighted by atomic mass is 16.5. The Labute approximate surface area is 205 Å². The molecule has 0 spiro atoms. The molecule has 8 heteroatoms. The first-order chi connectivity index (χ1) is 16.9. The Balaban J connectivity index is 1.29. The largest absolute Gasteiger partial charge is 0.481 e. The zero-order valence-electron chi connectivity index (χ0n) is 19.9. The molecule has 2 atom stereocenters. The van der Waals surface area contributed by atoms with Crippen LogP contribution in [0.25, 0.3) is 11.1 Å². The topological polar surface area (TPSA) is 114 Å². The third kappa shape index (κ3) is 5.48. The fourth-order valence-corrected chi connectivity index (χ4v) is 4.90. The summed E-state index contributed by atoms with van der Waals surface area (Å²) in [7, 11) is 0. The van der Waals surface area contributed by atoms with Crippen LogP contribution in [-0.2, 0) is 19.1 Å². The first-order valence-corrected chi connectivity index (χ1v) is 12.1. The van der Waals surface area contributed by atoms with Crippen molar-refractivity contribution >= 4 is 18.0 Å². The molecular weight excluding hydrogens is 448 g/mol. The molecule has 1 aliphatic heterocycles. The second-order valence-electron chi connectivity index (χ2n) is 9.30. The molecule has 2 amide bonds. The Morgan fingerprint density at radius 3 is 2.34 bits per heavy atom. The number of hydrogen-bond donors (Lipinski definition) is 3. The molecule has 35 heavy (non-hydrogen) atoms. The van der Waals surface area contributed by atoms with Crippen LogP contribution >= 0.6 is 0 Å². The number of carbonyl (C=O) groups is 3. The van der Waals surface area contributed by atoms with E-state index in [1.807, 2.05) is 31.2 Å². The number of rotatable bonds is 9. The number of carboxylic acids is 1. The molecule has 2 aliphatic rings. The van der Waals surface area contributed by atoms with E-state index in [0.29, 0.717) is 25.9 Å². The van der Waals surface area contributed by atoms with Gasteiger partial charge in [-0.3, -0.25) is 9.59 Å². The summed E-state index contributed by atoms with van der Waals surface area (Å²) < 4.78 is 10.9. The summed E-state index contributed by atoms with van der Waals surface area (Å²) in [4.78, 5) is 36.8. The maximum absolute atomic E-state index is 12.6. The molecular formula is C27H32N2O6. The zero-order chi connectivity index (χ0) is 24.8. The number of hydrogen-bond acceptors (Lipinski definition) is 5. The Kier molecular flexibility index (Phi) is 7.70. The number of fused-ring (bicyclic) bond motifs is 3. The van der Waals surface area contributed by atoms with E-state index in [0.717, 1.165) is 22.3 Å². The van der Waals surface area contributed by atoms with Crippen LogP contribution in [0.4, 0.5) is 4.79 Å². The highest BCUT2D eigenvalue weighted by molar-refractivity contribution is 5.81. The maximum Gasteiger partial charge on any atom is 0.407 e. The van der Waals surface area contributed by atoms with Crippen molar-refractivity contribution in [2.24, 2.45) is 5.41 Å². The summed E-state index contributed by atoms with van der Waals surface area (Å²) >= 11 is 0. The second kappa shape index (κ2) is 10.9. The van der Waals surface area contributed by atoms with Gasteiger partial charge in [0.2, 0.25) is 5.91 Å². The minimum Gasteiger partial charge on any atom is -0.481 e. The molecule has 1 heterocycles. The van der Waals surface area contributed by atoms with E-state index >= 15 is 0 Å². The molecule has 1 unspecified atom stereocenters. The van der Waals surface area contributed by atoms with E-state index in [4.69, 9.17) is 9.47 Å². The number of alkyl carbamates (subject to hydrolysis) is 1. The van der Waals surface area contributed by atoms with Crippen molar-refractivity contribution in [2.75, 3.05) is 26.4 Å². The molecule has 0 aromatic heterocycles. The quantitative estimate of drug-likeness (QED) is 0.504. The lowest BCUT2D eigenvalue weighted by molar-refractivity contribution is -0.157. The summed E-state index contributed by atoms with van der Waals surface area (Å²) in [6.45, 7) is 2.68. The molecule has 1 saturated heterocycles. The van der Waals surface area contributed by atoms with Crippen LogP contribution in [0.2, 0.25) is 0 Å². The fraction of sp³-hybridized carbons (Fsp3) is 0.444. The van der Waals surface area contributed by atoms with Gasteiger partial charge in [-0.2, -0.15) is 0 Å². The van der Waals surface area contributed by atoms with Gasteiger partial charge in [-0.1, -0.05) is 55.5 Å². The van der Waals surface area contributed by atoms with Gasteiger partial charge in [0, 0.05) is 31.5 Å². The van der Waals surface area contributed by atoms with Crippen LogP contribution in [0.1, 0.15) is 49.7 Å². The van der Waals surface area contributed by atoms with Gasteiger partial charge in [-0.25, -0.2) is 4.79 Å². The van der Waals surface area contributed by atoms with Crippen LogP contribution in [0.15, 0.2) is 48.5 Å². The molecule has 0 bridgehead atoms. The molecule has 2 aromatic carbocycles. The number of ether oxygens (including phenoxy) is 2. The predicted octanol–water partition coefficient (Wildman–Crippen LogP) is 3.69. The third-order valence-corrected chi connectivity index (χ3v) is 6.99. The number of carbonyl (C=O) groups excluding carboxylic acids is 2. The minimum absolute atomic E-state index is 0.00253. The smallest absolute Gasteiger partial charge is 0.407 e. The van der Waals surface area contributed by atoms with E-state index < -0.39 is 23.5 Å². The molecule has 1 aliphatic carbocycles. The number of amides is 2. The second-order valence-corrected chi connectivity index (χ2v) is 9.30. The average molecular weight is 481 g/mol. The SMILES string of the molecule is CC[C@H](CC(=O)NCC1(C(=O)O)CCCOC1)NC(=O)OCC1c2ccccc2-c2ccccc21. The Bertz CT molecular complexity index is 1030. The van der Waals surface area contributed by atoms with Gasteiger partial charge in [-0.05, 0) is 41.5 Å². The van der Waals surface area contributed by atoms with Gasteiger partial charge in [0.25, 0.3) is 0 Å².